The van der Waals surface area contributed by atoms with E-state index in [0.29, 0.717) is 28.5 Å². The van der Waals surface area contributed by atoms with Crippen LogP contribution in [0.3, 0.4) is 0 Å². The second-order valence-electron chi connectivity index (χ2n) is 7.59. The molecule has 0 bridgehead atoms. The summed E-state index contributed by atoms with van der Waals surface area (Å²) in [5.41, 5.74) is 1.45. The maximum atomic E-state index is 13.3. The third kappa shape index (κ3) is 4.17. The van der Waals surface area contributed by atoms with Crippen molar-refractivity contribution in [3.63, 3.8) is 0 Å². The zero-order chi connectivity index (χ0) is 24.2. The monoisotopic (exact) mass is 460 g/mol. The Morgan fingerprint density at radius 3 is 2.38 bits per heavy atom. The SMILES string of the molecule is COc1cccc(C2/C(=C(/O)c3ccc(OC)cc3OC)C(=O)C(=O)N2Cc2ccccn2)c1. The number of rotatable bonds is 7. The van der Waals surface area contributed by atoms with Crippen molar-refractivity contribution in [1.29, 1.82) is 0 Å². The van der Waals surface area contributed by atoms with Gasteiger partial charge in [-0.3, -0.25) is 14.6 Å². The van der Waals surface area contributed by atoms with Gasteiger partial charge in [-0.1, -0.05) is 18.2 Å². The molecule has 1 aliphatic rings. The summed E-state index contributed by atoms with van der Waals surface area (Å²) in [5.74, 6) is -0.478. The minimum atomic E-state index is -0.857. The Kier molecular flexibility index (Phi) is 6.49. The maximum Gasteiger partial charge on any atom is 0.296 e. The molecule has 1 aromatic heterocycles. The molecule has 1 saturated heterocycles. The molecule has 0 aliphatic carbocycles. The first kappa shape index (κ1) is 22.8. The summed E-state index contributed by atoms with van der Waals surface area (Å²) in [5, 5.41) is 11.3. The van der Waals surface area contributed by atoms with E-state index in [1.54, 1.807) is 60.8 Å². The van der Waals surface area contributed by atoms with Gasteiger partial charge in [-0.15, -0.1) is 0 Å². The zero-order valence-corrected chi connectivity index (χ0v) is 19.0. The molecule has 2 aromatic carbocycles. The first-order valence-electron chi connectivity index (χ1n) is 10.5. The van der Waals surface area contributed by atoms with Gasteiger partial charge < -0.3 is 24.2 Å². The van der Waals surface area contributed by atoms with Crippen LogP contribution in [0.4, 0.5) is 0 Å². The normalized spacial score (nSPS) is 17.0. The van der Waals surface area contributed by atoms with Gasteiger partial charge in [0.05, 0.1) is 50.7 Å². The van der Waals surface area contributed by atoms with E-state index in [1.165, 1.54) is 26.2 Å². The summed E-state index contributed by atoms with van der Waals surface area (Å²) in [7, 11) is 4.50. The van der Waals surface area contributed by atoms with Crippen molar-refractivity contribution in [1.82, 2.24) is 9.88 Å². The number of amides is 1. The lowest BCUT2D eigenvalue weighted by molar-refractivity contribution is -0.140. The number of ketones is 1. The lowest BCUT2D eigenvalue weighted by atomic mass is 9.94. The number of aromatic nitrogens is 1. The lowest BCUT2D eigenvalue weighted by Crippen LogP contribution is -2.29. The van der Waals surface area contributed by atoms with Crippen molar-refractivity contribution >= 4 is 17.4 Å². The molecule has 34 heavy (non-hydrogen) atoms. The molecule has 1 atom stereocenters. The van der Waals surface area contributed by atoms with Gasteiger partial charge in [0.2, 0.25) is 0 Å². The Balaban J connectivity index is 1.90. The number of aliphatic hydroxyl groups excluding tert-OH is 1. The fourth-order valence-electron chi connectivity index (χ4n) is 4.01. The molecular formula is C26H24N2O6. The Labute approximate surface area is 197 Å². The summed E-state index contributed by atoms with van der Waals surface area (Å²) >= 11 is 0. The van der Waals surface area contributed by atoms with Gasteiger partial charge in [0, 0.05) is 12.3 Å². The van der Waals surface area contributed by atoms with Gasteiger partial charge in [0.1, 0.15) is 23.0 Å². The van der Waals surface area contributed by atoms with E-state index < -0.39 is 17.7 Å². The molecular weight excluding hydrogens is 436 g/mol. The van der Waals surface area contributed by atoms with Crippen molar-refractivity contribution in [2.24, 2.45) is 0 Å². The van der Waals surface area contributed by atoms with Crippen LogP contribution in [-0.2, 0) is 16.1 Å². The van der Waals surface area contributed by atoms with Crippen LogP contribution in [0, 0.1) is 0 Å². The molecule has 1 amide bonds. The van der Waals surface area contributed by atoms with Crippen molar-refractivity contribution in [2.75, 3.05) is 21.3 Å². The molecule has 3 aromatic rings. The average Bonchev–Trinajstić information content (AvgIpc) is 3.13. The third-order valence-corrected chi connectivity index (χ3v) is 5.67. The van der Waals surface area contributed by atoms with Crippen molar-refractivity contribution < 1.29 is 28.9 Å². The second kappa shape index (κ2) is 9.66. The number of hydrogen-bond acceptors (Lipinski definition) is 7. The fourth-order valence-corrected chi connectivity index (χ4v) is 4.01. The summed E-state index contributed by atoms with van der Waals surface area (Å²) in [6.07, 6.45) is 1.62. The molecule has 8 nitrogen and oxygen atoms in total. The third-order valence-electron chi connectivity index (χ3n) is 5.67. The van der Waals surface area contributed by atoms with Crippen LogP contribution >= 0.6 is 0 Å². The number of Topliss-reactive ketones (excluding diaryl/α,β-unsaturated/α-hetero) is 1. The maximum absolute atomic E-state index is 13.3. The summed E-state index contributed by atoms with van der Waals surface area (Å²) < 4.78 is 16.0. The highest BCUT2D eigenvalue weighted by Crippen LogP contribution is 2.42. The summed E-state index contributed by atoms with van der Waals surface area (Å²) in [4.78, 5) is 32.1. The van der Waals surface area contributed by atoms with Crippen LogP contribution in [0.25, 0.3) is 5.76 Å². The largest absolute Gasteiger partial charge is 0.507 e. The van der Waals surface area contributed by atoms with Gasteiger partial charge in [-0.2, -0.15) is 0 Å². The molecule has 1 unspecified atom stereocenters. The highest BCUT2D eigenvalue weighted by molar-refractivity contribution is 6.46. The molecule has 0 saturated carbocycles. The number of nitrogens with zero attached hydrogens (tertiary/aromatic N) is 2. The minimum absolute atomic E-state index is 0.0438. The molecule has 8 heteroatoms. The van der Waals surface area contributed by atoms with Crippen LogP contribution in [0.5, 0.6) is 17.2 Å². The van der Waals surface area contributed by atoms with Crippen LogP contribution in [-0.4, -0.2) is 48.0 Å². The van der Waals surface area contributed by atoms with Crippen LogP contribution in [0.2, 0.25) is 0 Å². The highest BCUT2D eigenvalue weighted by atomic mass is 16.5. The molecule has 4 rings (SSSR count). The van der Waals surface area contributed by atoms with E-state index in [9.17, 15) is 14.7 Å². The Morgan fingerprint density at radius 2 is 1.71 bits per heavy atom. The first-order chi connectivity index (χ1) is 16.5. The molecule has 1 N–H and O–H groups in total. The van der Waals surface area contributed by atoms with E-state index in [1.807, 2.05) is 6.07 Å². The van der Waals surface area contributed by atoms with Crippen molar-refractivity contribution in [2.45, 2.75) is 12.6 Å². The highest BCUT2D eigenvalue weighted by Gasteiger charge is 2.46. The Bertz CT molecular complexity index is 1260. The quantitative estimate of drug-likeness (QED) is 0.326. The van der Waals surface area contributed by atoms with Crippen LogP contribution < -0.4 is 14.2 Å². The predicted molar refractivity (Wildman–Crippen MR) is 125 cm³/mol. The number of likely N-dealkylation sites (tertiary alicyclic amines) is 1. The number of benzene rings is 2. The van der Waals surface area contributed by atoms with Gasteiger partial charge >= 0.3 is 0 Å². The molecule has 1 aliphatic heterocycles. The van der Waals surface area contributed by atoms with Gasteiger partial charge in [-0.25, -0.2) is 0 Å². The fraction of sp³-hybridized carbons (Fsp3) is 0.192. The number of methoxy groups -OCH3 is 3. The number of ether oxygens (including phenoxy) is 3. The zero-order valence-electron chi connectivity index (χ0n) is 19.0. The Hall–Kier alpha value is -4.33. The van der Waals surface area contributed by atoms with E-state index in [4.69, 9.17) is 14.2 Å². The smallest absolute Gasteiger partial charge is 0.296 e. The molecule has 0 radical (unpaired) electrons. The van der Waals surface area contributed by atoms with Crippen molar-refractivity contribution in [3.8, 4) is 17.2 Å². The first-order valence-corrected chi connectivity index (χ1v) is 10.5. The molecule has 0 spiro atoms. The number of pyridine rings is 1. The van der Waals surface area contributed by atoms with Crippen molar-refractivity contribution in [3.05, 3.63) is 89.3 Å². The lowest BCUT2D eigenvalue weighted by Gasteiger charge is -2.25. The van der Waals surface area contributed by atoms with Gasteiger partial charge in [0.15, 0.2) is 0 Å². The minimum Gasteiger partial charge on any atom is -0.507 e. The average molecular weight is 460 g/mol. The molecule has 174 valence electrons. The predicted octanol–water partition coefficient (Wildman–Crippen LogP) is 3.73. The van der Waals surface area contributed by atoms with Crippen LogP contribution in [0.1, 0.15) is 22.9 Å². The number of hydrogen-bond donors (Lipinski definition) is 1. The van der Waals surface area contributed by atoms with Crippen LogP contribution in [0.15, 0.2) is 72.4 Å². The van der Waals surface area contributed by atoms with E-state index in [-0.39, 0.29) is 23.4 Å². The van der Waals surface area contributed by atoms with E-state index in [0.717, 1.165) is 0 Å². The van der Waals surface area contributed by atoms with E-state index >= 15 is 0 Å². The Morgan fingerprint density at radius 1 is 0.941 bits per heavy atom. The van der Waals surface area contributed by atoms with Gasteiger partial charge in [0.25, 0.3) is 11.7 Å². The standard InChI is InChI=1S/C26H24N2O6/c1-32-18-9-6-7-16(13-18)23-22(24(29)20-11-10-19(33-2)14-21(20)34-3)25(30)26(31)28(23)15-17-8-4-5-12-27-17/h4-14,23,29H,15H2,1-3H3/b24-22-. The number of carbonyl (C=O) groups excluding carboxylic acids is 2. The second-order valence-corrected chi connectivity index (χ2v) is 7.59. The topological polar surface area (TPSA) is 98.2 Å². The van der Waals surface area contributed by atoms with Gasteiger partial charge in [-0.05, 0) is 42.0 Å². The molecule has 1 fully saturated rings. The number of carbonyl (C=O) groups is 2. The molecule has 2 heterocycles. The summed E-state index contributed by atoms with van der Waals surface area (Å²) in [6, 6.07) is 16.4. The number of aliphatic hydroxyl groups is 1. The van der Waals surface area contributed by atoms with E-state index in [2.05, 4.69) is 4.98 Å². The summed E-state index contributed by atoms with van der Waals surface area (Å²) in [6.45, 7) is 0.0871.